The molecule has 3 aliphatic heterocycles. The molecular formula is C29H44N7O14PS. The van der Waals surface area contributed by atoms with E-state index >= 15 is 0 Å². The molecule has 23 heteroatoms. The molecule has 21 nitrogen and oxygen atoms in total. The van der Waals surface area contributed by atoms with Crippen LogP contribution >= 0.6 is 18.2 Å². The summed E-state index contributed by atoms with van der Waals surface area (Å²) in [6, 6.07) is 0. The number of fused-ring (bicyclic) bond motifs is 1. The quantitative estimate of drug-likeness (QED) is 0.0669. The first-order valence-electron chi connectivity index (χ1n) is 16.1. The lowest BCUT2D eigenvalue weighted by Crippen LogP contribution is -2.66. The lowest BCUT2D eigenvalue weighted by molar-refractivity contribution is -0.225. The molecule has 0 aromatic carbocycles. The number of imidazole rings is 1. The zero-order valence-electron chi connectivity index (χ0n) is 28.9. The molecule has 0 saturated carbocycles. The Labute approximate surface area is 302 Å². The summed E-state index contributed by atoms with van der Waals surface area (Å²) in [6.45, 7) is -0.400. The van der Waals surface area contributed by atoms with Crippen LogP contribution in [0.25, 0.3) is 11.2 Å². The predicted molar refractivity (Wildman–Crippen MR) is 180 cm³/mol. The second-order valence-corrected chi connectivity index (χ2v) is 17.1. The van der Waals surface area contributed by atoms with Crippen molar-refractivity contribution in [3.05, 3.63) is 24.9 Å². The third kappa shape index (κ3) is 9.31. The van der Waals surface area contributed by atoms with E-state index in [1.807, 2.05) is 20.8 Å². The van der Waals surface area contributed by atoms with Crippen LogP contribution in [0.4, 0.5) is 10.6 Å². The van der Waals surface area contributed by atoms with Gasteiger partial charge >= 0.3 is 13.0 Å². The summed E-state index contributed by atoms with van der Waals surface area (Å²) in [6.07, 6.45) is -3.12. The van der Waals surface area contributed by atoms with Gasteiger partial charge in [0.1, 0.15) is 36.4 Å². The Kier molecular flexibility index (Phi) is 13.0. The van der Waals surface area contributed by atoms with Crippen molar-refractivity contribution in [1.82, 2.24) is 29.7 Å². The van der Waals surface area contributed by atoms with E-state index in [4.69, 9.17) is 43.2 Å². The number of aliphatic hydroxyl groups is 3. The van der Waals surface area contributed by atoms with Gasteiger partial charge in [-0.15, -0.1) is 0 Å². The maximum Gasteiger partial charge on any atom is 0.509 e. The second-order valence-electron chi connectivity index (χ2n) is 13.1. The van der Waals surface area contributed by atoms with Crippen LogP contribution in [-0.4, -0.2) is 141 Å². The minimum Gasteiger partial charge on any atom is -0.434 e. The number of nitrogen functional groups attached to an aromatic ring is 1. The molecule has 5 heterocycles. The van der Waals surface area contributed by atoms with E-state index in [9.17, 15) is 29.5 Å². The summed E-state index contributed by atoms with van der Waals surface area (Å²) in [5, 5.41) is 34.5. The van der Waals surface area contributed by atoms with Crippen LogP contribution in [0.1, 0.15) is 33.4 Å². The van der Waals surface area contributed by atoms with Crippen LogP contribution in [0.5, 0.6) is 0 Å². The average molecular weight is 778 g/mol. The van der Waals surface area contributed by atoms with E-state index in [1.165, 1.54) is 30.9 Å². The summed E-state index contributed by atoms with van der Waals surface area (Å²) >= 11 is 0.467. The molecule has 6 N–H and O–H groups in total. The van der Waals surface area contributed by atoms with Crippen LogP contribution in [-0.2, 0) is 46.8 Å². The molecule has 0 radical (unpaired) electrons. The first-order chi connectivity index (χ1) is 24.7. The first-order valence-corrected chi connectivity index (χ1v) is 19.3. The Morgan fingerprint density at radius 2 is 2.00 bits per heavy atom. The molecule has 290 valence electrons. The highest BCUT2D eigenvalue weighted by Gasteiger charge is 2.59. The highest BCUT2D eigenvalue weighted by atomic mass is 32.7. The van der Waals surface area contributed by atoms with Crippen LogP contribution in [0.2, 0.25) is 0 Å². The van der Waals surface area contributed by atoms with Gasteiger partial charge in [0, 0.05) is 37.2 Å². The summed E-state index contributed by atoms with van der Waals surface area (Å²) in [5.74, 6) is -1.01. The standard InChI is InChI=1S/C29H44N7O14PS/c1-28(2,3)12-45-27(41)46-16-52-51(42,48-11-19-17(38)9-21(49-19)35-15-33-22-24(30)31-14-32-25(22)35)50-23-18(10-37)44-13-29(23,47-8-7-43-4)36-6-5-20(39)34-26(36)40/h5-6,14-15,17-19,21,23,26,37-38,40H,7-13,16H2,1-4H3,(H,34,39)(H2,30,31,32)/t17-,18+,19?,21+,23+,26?,29+,51+/m0/s1. The van der Waals surface area contributed by atoms with E-state index < -0.39 is 80.7 Å². The number of nitrogens with one attached hydrogen (secondary N) is 1. The van der Waals surface area contributed by atoms with E-state index in [1.54, 1.807) is 4.57 Å². The zero-order chi connectivity index (χ0) is 37.7. The Morgan fingerprint density at radius 1 is 1.21 bits per heavy atom. The molecule has 5 rings (SSSR count). The highest BCUT2D eigenvalue weighted by Crippen LogP contribution is 2.63. The summed E-state index contributed by atoms with van der Waals surface area (Å²) in [5.41, 5.74) is 4.46. The number of aromatic nitrogens is 4. The van der Waals surface area contributed by atoms with E-state index in [-0.39, 0.29) is 44.1 Å². The number of aliphatic hydroxyl groups excluding tert-OH is 3. The lowest BCUT2D eigenvalue weighted by Gasteiger charge is -2.46. The molecule has 52 heavy (non-hydrogen) atoms. The number of methoxy groups -OCH3 is 1. The number of nitrogens with two attached hydrogens (primary N) is 1. The molecule has 0 aliphatic carbocycles. The van der Waals surface area contributed by atoms with Gasteiger partial charge in [-0.3, -0.25) is 18.4 Å². The van der Waals surface area contributed by atoms with Crippen LogP contribution in [0, 0.1) is 5.41 Å². The molecule has 2 unspecified atom stereocenters. The Bertz CT molecular complexity index is 1630. The molecule has 3 aliphatic rings. The van der Waals surface area contributed by atoms with E-state index in [0.717, 1.165) is 6.08 Å². The fraction of sp³-hybridized carbons (Fsp3) is 0.690. The van der Waals surface area contributed by atoms with E-state index in [2.05, 4.69) is 20.3 Å². The number of anilines is 1. The number of amides is 1. The van der Waals surface area contributed by atoms with Crippen molar-refractivity contribution in [2.24, 2.45) is 5.41 Å². The average Bonchev–Trinajstić information content (AvgIpc) is 3.78. The Balaban J connectivity index is 1.38. The number of rotatable bonds is 16. The minimum absolute atomic E-state index is 0.0468. The number of ether oxygens (including phenoxy) is 6. The van der Waals surface area contributed by atoms with Gasteiger partial charge in [-0.2, -0.15) is 0 Å². The largest absolute Gasteiger partial charge is 0.509 e. The fourth-order valence-electron chi connectivity index (χ4n) is 5.49. The monoisotopic (exact) mass is 777 g/mol. The van der Waals surface area contributed by atoms with Gasteiger partial charge in [0.25, 0.3) is 0 Å². The maximum atomic E-state index is 14.7. The number of hydrogen-bond donors (Lipinski definition) is 5. The molecule has 2 aromatic heterocycles. The molecule has 2 aromatic rings. The Hall–Kier alpha value is -3.15. The molecule has 2 fully saturated rings. The smallest absolute Gasteiger partial charge is 0.434 e. The maximum absolute atomic E-state index is 14.7. The van der Waals surface area contributed by atoms with Crippen molar-refractivity contribution in [3.63, 3.8) is 0 Å². The molecule has 8 atom stereocenters. The third-order valence-corrected chi connectivity index (χ3v) is 11.3. The van der Waals surface area contributed by atoms with E-state index in [0.29, 0.717) is 22.5 Å². The number of carbonyl (C=O) groups excluding carboxylic acids is 2. The fourth-order valence-corrected chi connectivity index (χ4v) is 8.28. The first kappa shape index (κ1) is 40.0. The van der Waals surface area contributed by atoms with Crippen molar-refractivity contribution in [3.8, 4) is 0 Å². The second kappa shape index (κ2) is 16.9. The van der Waals surface area contributed by atoms with Crippen molar-refractivity contribution >= 4 is 47.2 Å². The SMILES string of the molecule is COCCO[C@]1(N2C=CC(=O)NC2O)CO[C@H](CO)[C@H]1O[P@@](=O)(OCC1O[C@@H](n2cnc3c(N)ncnc32)C[C@@H]1O)SCOC(=O)OCC(C)(C)C. The number of hydrogen-bond acceptors (Lipinski definition) is 20. The summed E-state index contributed by atoms with van der Waals surface area (Å²) < 4.78 is 61.7. The van der Waals surface area contributed by atoms with Gasteiger partial charge in [0.05, 0.1) is 52.1 Å². The van der Waals surface area contributed by atoms with Gasteiger partial charge in [-0.05, 0) is 5.41 Å². The van der Waals surface area contributed by atoms with Gasteiger partial charge in [0.2, 0.25) is 12.3 Å². The normalized spacial score (nSPS) is 29.0. The van der Waals surface area contributed by atoms with Crippen LogP contribution in [0.3, 0.4) is 0 Å². The topological polar surface area (TPSA) is 271 Å². The van der Waals surface area contributed by atoms with Gasteiger partial charge in [0.15, 0.2) is 23.1 Å². The number of nitrogens with zero attached hydrogens (tertiary/aromatic N) is 5. The van der Waals surface area contributed by atoms with Crippen molar-refractivity contribution in [2.75, 3.05) is 58.4 Å². The third-order valence-electron chi connectivity index (χ3n) is 8.02. The van der Waals surface area contributed by atoms with Crippen molar-refractivity contribution in [1.29, 1.82) is 0 Å². The highest BCUT2D eigenvalue weighted by molar-refractivity contribution is 8.55. The molecule has 1 amide bonds. The minimum atomic E-state index is -4.52. The van der Waals surface area contributed by atoms with Crippen LogP contribution in [0.15, 0.2) is 24.9 Å². The van der Waals surface area contributed by atoms with Gasteiger partial charge < -0.3 is 59.7 Å². The number of carbonyl (C=O) groups is 2. The van der Waals surface area contributed by atoms with Gasteiger partial charge in [-0.25, -0.2) is 24.3 Å². The summed E-state index contributed by atoms with van der Waals surface area (Å²) in [7, 11) is 1.44. The molecule has 2 saturated heterocycles. The zero-order valence-corrected chi connectivity index (χ0v) is 30.6. The van der Waals surface area contributed by atoms with Crippen molar-refractivity contribution in [2.45, 2.75) is 69.9 Å². The molecule has 0 bridgehead atoms. The van der Waals surface area contributed by atoms with Crippen LogP contribution < -0.4 is 11.1 Å². The van der Waals surface area contributed by atoms with Crippen molar-refractivity contribution < 1.29 is 66.9 Å². The lowest BCUT2D eigenvalue weighted by atomic mass is 9.99. The van der Waals surface area contributed by atoms with Gasteiger partial charge in [-0.1, -0.05) is 20.8 Å². The Morgan fingerprint density at radius 3 is 2.71 bits per heavy atom. The molecular weight excluding hydrogens is 733 g/mol. The molecule has 0 spiro atoms. The predicted octanol–water partition coefficient (Wildman–Crippen LogP) is 0.429. The summed E-state index contributed by atoms with van der Waals surface area (Å²) in [4.78, 5) is 37.9.